The second-order valence-corrected chi connectivity index (χ2v) is 6.94. The highest BCUT2D eigenvalue weighted by molar-refractivity contribution is 5.80. The van der Waals surface area contributed by atoms with Crippen LogP contribution >= 0.6 is 0 Å². The summed E-state index contributed by atoms with van der Waals surface area (Å²) in [5.41, 5.74) is -0.125. The summed E-state index contributed by atoms with van der Waals surface area (Å²) in [6.07, 6.45) is 4.45. The van der Waals surface area contributed by atoms with E-state index in [1.54, 1.807) is 0 Å². The van der Waals surface area contributed by atoms with E-state index in [-0.39, 0.29) is 17.4 Å². The van der Waals surface area contributed by atoms with Gasteiger partial charge in [-0.05, 0) is 52.4 Å². The van der Waals surface area contributed by atoms with Crippen LogP contribution < -0.4 is 5.32 Å². The lowest BCUT2D eigenvalue weighted by atomic mass is 9.81. The van der Waals surface area contributed by atoms with E-state index in [0.29, 0.717) is 6.10 Å². The van der Waals surface area contributed by atoms with Gasteiger partial charge >= 0.3 is 0 Å². The Bertz CT molecular complexity index is 262. The van der Waals surface area contributed by atoms with Crippen LogP contribution in [0.3, 0.4) is 0 Å². The molecule has 0 aromatic heterocycles. The molecule has 0 atom stereocenters. The first-order valence-corrected chi connectivity index (χ1v) is 7.21. The average Bonchev–Trinajstić information content (AvgIpc) is 2.10. The molecule has 0 spiro atoms. The number of carbonyl (C=O) groups is 1. The number of ether oxygens (including phenoxy) is 1. The van der Waals surface area contributed by atoms with E-state index in [1.165, 1.54) is 6.42 Å². The van der Waals surface area contributed by atoms with Crippen molar-refractivity contribution >= 4 is 5.91 Å². The van der Waals surface area contributed by atoms with Crippen LogP contribution in [-0.2, 0) is 9.53 Å². The van der Waals surface area contributed by atoms with Gasteiger partial charge in [-0.2, -0.15) is 0 Å². The van der Waals surface area contributed by atoms with Crippen LogP contribution in [0.4, 0.5) is 0 Å². The van der Waals surface area contributed by atoms with E-state index < -0.39 is 0 Å². The van der Waals surface area contributed by atoms with E-state index in [9.17, 15) is 4.79 Å². The van der Waals surface area contributed by atoms with Gasteiger partial charge in [-0.1, -0.05) is 13.8 Å². The summed E-state index contributed by atoms with van der Waals surface area (Å²) in [4.78, 5) is 11.8. The average molecular weight is 255 g/mol. The Morgan fingerprint density at radius 1 is 1.33 bits per heavy atom. The van der Waals surface area contributed by atoms with Gasteiger partial charge < -0.3 is 10.1 Å². The number of amides is 1. The maximum atomic E-state index is 11.8. The molecule has 0 heterocycles. The van der Waals surface area contributed by atoms with Crippen molar-refractivity contribution < 1.29 is 9.53 Å². The minimum atomic E-state index is -0.125. The normalized spacial score (nSPS) is 23.9. The van der Waals surface area contributed by atoms with E-state index in [4.69, 9.17) is 4.74 Å². The highest BCUT2D eigenvalue weighted by Gasteiger charge is 2.36. The Morgan fingerprint density at radius 2 is 1.94 bits per heavy atom. The maximum Gasteiger partial charge on any atom is 0.223 e. The third kappa shape index (κ3) is 5.85. The zero-order valence-electron chi connectivity index (χ0n) is 12.6. The summed E-state index contributed by atoms with van der Waals surface area (Å²) < 4.78 is 5.76. The molecule has 1 N–H and O–H groups in total. The third-order valence-electron chi connectivity index (χ3n) is 3.24. The van der Waals surface area contributed by atoms with Gasteiger partial charge in [0, 0.05) is 18.1 Å². The Hall–Kier alpha value is -0.570. The smallest absolute Gasteiger partial charge is 0.223 e. The summed E-state index contributed by atoms with van der Waals surface area (Å²) in [6.45, 7) is 11.4. The number of carbonyl (C=O) groups excluding carboxylic acids is 1. The molecule has 1 aliphatic rings. The number of hydrogen-bond donors (Lipinski definition) is 1. The summed E-state index contributed by atoms with van der Waals surface area (Å²) in [5, 5.41) is 3.03. The maximum absolute atomic E-state index is 11.8. The Labute approximate surface area is 112 Å². The standard InChI is InChI=1S/C15H29NO2/c1-11(2)7-6-8-18-13-9-12(10-13)14(17)16-15(3,4)5/h11-13H,6-10H2,1-5H3,(H,16,17). The van der Waals surface area contributed by atoms with Crippen molar-refractivity contribution in [3.8, 4) is 0 Å². The van der Waals surface area contributed by atoms with Crippen molar-refractivity contribution in [2.75, 3.05) is 6.61 Å². The molecule has 1 rings (SSSR count). The molecule has 0 unspecified atom stereocenters. The number of rotatable bonds is 6. The molecule has 1 amide bonds. The molecule has 3 heteroatoms. The van der Waals surface area contributed by atoms with Crippen molar-refractivity contribution in [3.63, 3.8) is 0 Å². The van der Waals surface area contributed by atoms with E-state index in [0.717, 1.165) is 31.8 Å². The van der Waals surface area contributed by atoms with Gasteiger partial charge in [0.25, 0.3) is 0 Å². The van der Waals surface area contributed by atoms with Crippen molar-refractivity contribution in [1.29, 1.82) is 0 Å². The lowest BCUT2D eigenvalue weighted by Gasteiger charge is -2.36. The Balaban J connectivity index is 2.07. The van der Waals surface area contributed by atoms with Gasteiger partial charge in [0.1, 0.15) is 0 Å². The fourth-order valence-corrected chi connectivity index (χ4v) is 2.13. The fourth-order valence-electron chi connectivity index (χ4n) is 2.13. The summed E-state index contributed by atoms with van der Waals surface area (Å²) in [5.74, 6) is 1.10. The zero-order valence-corrected chi connectivity index (χ0v) is 12.6. The monoisotopic (exact) mass is 255 g/mol. The van der Waals surface area contributed by atoms with Crippen LogP contribution in [0.15, 0.2) is 0 Å². The zero-order chi connectivity index (χ0) is 13.8. The van der Waals surface area contributed by atoms with Gasteiger partial charge in [0.15, 0.2) is 0 Å². The predicted molar refractivity (Wildman–Crippen MR) is 74.4 cm³/mol. The SMILES string of the molecule is CC(C)CCCOC1CC(C(=O)NC(C)(C)C)C1. The largest absolute Gasteiger partial charge is 0.378 e. The van der Waals surface area contributed by atoms with Crippen molar-refractivity contribution in [1.82, 2.24) is 5.32 Å². The second-order valence-electron chi connectivity index (χ2n) is 6.94. The molecule has 0 bridgehead atoms. The quantitative estimate of drug-likeness (QED) is 0.741. The van der Waals surface area contributed by atoms with Crippen LogP contribution in [-0.4, -0.2) is 24.2 Å². The first-order valence-electron chi connectivity index (χ1n) is 7.21. The lowest BCUT2D eigenvalue weighted by molar-refractivity contribution is -0.135. The fraction of sp³-hybridized carbons (Fsp3) is 0.933. The first kappa shape index (κ1) is 15.5. The molecule has 0 aliphatic heterocycles. The molecule has 1 saturated carbocycles. The third-order valence-corrected chi connectivity index (χ3v) is 3.24. The highest BCUT2D eigenvalue weighted by Crippen LogP contribution is 2.30. The van der Waals surface area contributed by atoms with Crippen LogP contribution in [0.25, 0.3) is 0 Å². The van der Waals surface area contributed by atoms with E-state index in [1.807, 2.05) is 20.8 Å². The minimum Gasteiger partial charge on any atom is -0.378 e. The van der Waals surface area contributed by atoms with Gasteiger partial charge in [-0.3, -0.25) is 4.79 Å². The van der Waals surface area contributed by atoms with Crippen LogP contribution in [0, 0.1) is 11.8 Å². The van der Waals surface area contributed by atoms with Gasteiger partial charge in [0.05, 0.1) is 6.10 Å². The molecule has 1 fully saturated rings. The predicted octanol–water partition coefficient (Wildman–Crippen LogP) is 3.13. The summed E-state index contributed by atoms with van der Waals surface area (Å²) >= 11 is 0. The topological polar surface area (TPSA) is 38.3 Å². The molecule has 1 aliphatic carbocycles. The highest BCUT2D eigenvalue weighted by atomic mass is 16.5. The molecular formula is C15H29NO2. The molecule has 0 radical (unpaired) electrons. The minimum absolute atomic E-state index is 0.125. The van der Waals surface area contributed by atoms with Crippen molar-refractivity contribution in [2.45, 2.75) is 71.9 Å². The Kier molecular flexibility index (Phi) is 5.64. The van der Waals surface area contributed by atoms with Gasteiger partial charge in [-0.25, -0.2) is 0 Å². The van der Waals surface area contributed by atoms with Crippen molar-refractivity contribution in [2.24, 2.45) is 11.8 Å². The van der Waals surface area contributed by atoms with Crippen molar-refractivity contribution in [3.05, 3.63) is 0 Å². The number of nitrogens with one attached hydrogen (secondary N) is 1. The molecule has 0 aromatic carbocycles. The van der Waals surface area contributed by atoms with Crippen LogP contribution in [0.2, 0.25) is 0 Å². The Morgan fingerprint density at radius 3 is 2.44 bits per heavy atom. The van der Waals surface area contributed by atoms with E-state index in [2.05, 4.69) is 19.2 Å². The first-order chi connectivity index (χ1) is 8.28. The summed E-state index contributed by atoms with van der Waals surface area (Å²) in [6, 6.07) is 0. The van der Waals surface area contributed by atoms with Gasteiger partial charge in [-0.15, -0.1) is 0 Å². The van der Waals surface area contributed by atoms with Crippen LogP contribution in [0.1, 0.15) is 60.3 Å². The molecule has 18 heavy (non-hydrogen) atoms. The lowest BCUT2D eigenvalue weighted by Crippen LogP contribution is -2.48. The molecule has 106 valence electrons. The van der Waals surface area contributed by atoms with Gasteiger partial charge in [0.2, 0.25) is 5.91 Å². The molecule has 0 aromatic rings. The summed E-state index contributed by atoms with van der Waals surface area (Å²) in [7, 11) is 0. The molecule has 0 saturated heterocycles. The van der Waals surface area contributed by atoms with E-state index >= 15 is 0 Å². The molecule has 3 nitrogen and oxygen atoms in total. The second kappa shape index (κ2) is 6.55. The van der Waals surface area contributed by atoms with Crippen LogP contribution in [0.5, 0.6) is 0 Å². The molecular weight excluding hydrogens is 226 g/mol. The number of hydrogen-bond acceptors (Lipinski definition) is 2.